The largest absolute Gasteiger partial charge is 0.384 e. The monoisotopic (exact) mass is 513 g/mol. The molecule has 4 N–H and O–H groups in total. The number of amides is 1. The number of carbonyl (C=O) groups is 1. The maximum atomic E-state index is 12.9. The number of aliphatic hydroxyl groups is 1. The summed E-state index contributed by atoms with van der Waals surface area (Å²) in [5.74, 6) is 1.47. The number of fused-ring (bicyclic) bond motifs is 3. The second-order valence-electron chi connectivity index (χ2n) is 10.3. The summed E-state index contributed by atoms with van der Waals surface area (Å²) in [5, 5.41) is 20.3. The highest BCUT2D eigenvalue weighted by Crippen LogP contribution is 2.30. The van der Waals surface area contributed by atoms with Gasteiger partial charge in [-0.05, 0) is 88.5 Å². The minimum atomic E-state index is -1.09. The van der Waals surface area contributed by atoms with E-state index in [0.717, 1.165) is 18.8 Å². The van der Waals surface area contributed by atoms with Crippen molar-refractivity contribution in [2.24, 2.45) is 0 Å². The summed E-state index contributed by atoms with van der Waals surface area (Å²) >= 11 is 0. The molecule has 0 aliphatic carbocycles. The lowest BCUT2D eigenvalue weighted by Gasteiger charge is -2.29. The first-order chi connectivity index (χ1) is 18.4. The summed E-state index contributed by atoms with van der Waals surface area (Å²) in [6, 6.07) is 13.8. The number of pyridine rings is 1. The van der Waals surface area contributed by atoms with Crippen molar-refractivity contribution in [3.05, 3.63) is 77.6 Å². The van der Waals surface area contributed by atoms with Gasteiger partial charge >= 0.3 is 0 Å². The highest BCUT2D eigenvalue weighted by atomic mass is 16.3. The number of anilines is 4. The van der Waals surface area contributed by atoms with Crippen LogP contribution in [0.15, 0.2) is 60.8 Å². The van der Waals surface area contributed by atoms with Gasteiger partial charge in [-0.25, -0.2) is 9.97 Å². The van der Waals surface area contributed by atoms with E-state index < -0.39 is 5.60 Å². The fraction of sp³-hybridized carbons (Fsp3) is 0.379. The van der Waals surface area contributed by atoms with E-state index in [9.17, 15) is 9.90 Å². The van der Waals surface area contributed by atoms with Crippen molar-refractivity contribution in [2.45, 2.75) is 44.1 Å². The molecular formula is C29H35N7O2. The quantitative estimate of drug-likeness (QED) is 0.380. The molecule has 2 bridgehead atoms. The van der Waals surface area contributed by atoms with Gasteiger partial charge < -0.3 is 26.0 Å². The Morgan fingerprint density at radius 3 is 2.66 bits per heavy atom. The zero-order valence-electron chi connectivity index (χ0n) is 21.9. The number of benzene rings is 1. The molecule has 198 valence electrons. The minimum Gasteiger partial charge on any atom is -0.384 e. The van der Waals surface area contributed by atoms with Gasteiger partial charge in [0.1, 0.15) is 22.8 Å². The van der Waals surface area contributed by atoms with Crippen LogP contribution in [0.25, 0.3) is 0 Å². The van der Waals surface area contributed by atoms with Crippen LogP contribution in [0.1, 0.15) is 60.1 Å². The Kier molecular flexibility index (Phi) is 7.67. The fourth-order valence-corrected chi connectivity index (χ4v) is 4.88. The van der Waals surface area contributed by atoms with E-state index in [1.165, 1.54) is 24.6 Å². The van der Waals surface area contributed by atoms with Gasteiger partial charge in [-0.15, -0.1) is 0 Å². The summed E-state index contributed by atoms with van der Waals surface area (Å²) in [6.07, 6.45) is 8.85. The standard InChI is InChI=1S/C29H35N7O2/c1-29(38)15-4-3-5-16-30-27(37)23-19-31-28(35-26(23)34-25-8-6-7-24(29)33-25)32-22-11-9-20(10-12-22)21-13-17-36(2)18-14-21/h3,5-12,19,21,38H,4,13-18H2,1-2H3,(H,30,37)(H2,31,32,33,34,35)/b5-3-. The first-order valence-corrected chi connectivity index (χ1v) is 13.2. The number of allylic oxidation sites excluding steroid dienone is 1. The molecule has 3 aromatic rings. The molecule has 2 aromatic heterocycles. The molecule has 5 rings (SSSR count). The second kappa shape index (κ2) is 11.3. The number of aromatic nitrogens is 3. The van der Waals surface area contributed by atoms with Crippen molar-refractivity contribution in [3.63, 3.8) is 0 Å². The van der Waals surface area contributed by atoms with Gasteiger partial charge in [-0.2, -0.15) is 4.98 Å². The Morgan fingerprint density at radius 1 is 1.08 bits per heavy atom. The fourth-order valence-electron chi connectivity index (χ4n) is 4.88. The molecule has 9 heteroatoms. The van der Waals surface area contributed by atoms with Crippen LogP contribution in [0.4, 0.5) is 23.3 Å². The van der Waals surface area contributed by atoms with Crippen molar-refractivity contribution in [1.82, 2.24) is 25.2 Å². The Balaban J connectivity index is 1.39. The molecule has 1 fully saturated rings. The lowest BCUT2D eigenvalue weighted by atomic mass is 9.89. The van der Waals surface area contributed by atoms with E-state index in [2.05, 4.69) is 55.0 Å². The normalized spacial score (nSPS) is 21.9. The molecule has 1 amide bonds. The molecule has 1 unspecified atom stereocenters. The summed E-state index contributed by atoms with van der Waals surface area (Å²) in [7, 11) is 2.17. The molecular weight excluding hydrogens is 478 g/mol. The molecule has 9 nitrogen and oxygen atoms in total. The maximum Gasteiger partial charge on any atom is 0.256 e. The van der Waals surface area contributed by atoms with Crippen LogP contribution in [0.2, 0.25) is 0 Å². The molecule has 2 aliphatic heterocycles. The van der Waals surface area contributed by atoms with E-state index in [4.69, 9.17) is 0 Å². The van der Waals surface area contributed by atoms with Crippen LogP contribution >= 0.6 is 0 Å². The minimum absolute atomic E-state index is 0.286. The van der Waals surface area contributed by atoms with Gasteiger partial charge in [0.15, 0.2) is 0 Å². The Hall–Kier alpha value is -3.82. The lowest BCUT2D eigenvalue weighted by molar-refractivity contribution is 0.0444. The molecule has 4 heterocycles. The first kappa shape index (κ1) is 25.8. The second-order valence-corrected chi connectivity index (χ2v) is 10.3. The number of carbonyl (C=O) groups excluding carboxylic acids is 1. The zero-order valence-corrected chi connectivity index (χ0v) is 21.9. The van der Waals surface area contributed by atoms with Crippen LogP contribution in [-0.2, 0) is 5.60 Å². The predicted octanol–water partition coefficient (Wildman–Crippen LogP) is 4.46. The van der Waals surface area contributed by atoms with Gasteiger partial charge in [0, 0.05) is 18.4 Å². The van der Waals surface area contributed by atoms with E-state index in [1.807, 2.05) is 30.4 Å². The van der Waals surface area contributed by atoms with Gasteiger partial charge in [-0.3, -0.25) is 4.79 Å². The van der Waals surface area contributed by atoms with Crippen molar-refractivity contribution < 1.29 is 9.90 Å². The number of rotatable bonds is 3. The van der Waals surface area contributed by atoms with E-state index in [0.29, 0.717) is 54.1 Å². The lowest BCUT2D eigenvalue weighted by Crippen LogP contribution is -2.29. The molecule has 1 aromatic carbocycles. The third-order valence-corrected chi connectivity index (χ3v) is 7.28. The van der Waals surface area contributed by atoms with Crippen LogP contribution in [0, 0.1) is 0 Å². The third-order valence-electron chi connectivity index (χ3n) is 7.28. The van der Waals surface area contributed by atoms with Crippen LogP contribution in [-0.4, -0.2) is 57.5 Å². The van der Waals surface area contributed by atoms with Crippen molar-refractivity contribution in [3.8, 4) is 0 Å². The predicted molar refractivity (Wildman–Crippen MR) is 149 cm³/mol. The molecule has 1 atom stereocenters. The smallest absolute Gasteiger partial charge is 0.256 e. The number of piperidine rings is 1. The number of hydrogen-bond donors (Lipinski definition) is 4. The molecule has 0 spiro atoms. The Morgan fingerprint density at radius 2 is 1.87 bits per heavy atom. The molecule has 0 saturated carbocycles. The van der Waals surface area contributed by atoms with Gasteiger partial charge in [0.2, 0.25) is 5.95 Å². The molecule has 0 radical (unpaired) electrons. The average Bonchev–Trinajstić information content (AvgIpc) is 2.91. The highest BCUT2D eigenvalue weighted by Gasteiger charge is 2.25. The SMILES string of the molecule is CN1CCC(c2ccc(Nc3ncc4c(n3)Nc3cccc(n3)C(C)(O)CC/C=C\CNC4=O)cc2)CC1. The average molecular weight is 514 g/mol. The van der Waals surface area contributed by atoms with Crippen LogP contribution in [0.5, 0.6) is 0 Å². The first-order valence-electron chi connectivity index (χ1n) is 13.2. The Bertz CT molecular complexity index is 1300. The van der Waals surface area contributed by atoms with Gasteiger partial charge in [0.25, 0.3) is 5.91 Å². The van der Waals surface area contributed by atoms with Crippen molar-refractivity contribution >= 4 is 29.2 Å². The van der Waals surface area contributed by atoms with Gasteiger partial charge in [0.05, 0.1) is 5.69 Å². The molecule has 1 saturated heterocycles. The van der Waals surface area contributed by atoms with Crippen LogP contribution < -0.4 is 16.0 Å². The Labute approximate surface area is 223 Å². The number of nitrogens with zero attached hydrogens (tertiary/aromatic N) is 4. The maximum absolute atomic E-state index is 12.9. The highest BCUT2D eigenvalue weighted by molar-refractivity contribution is 5.99. The summed E-state index contributed by atoms with van der Waals surface area (Å²) in [6.45, 7) is 4.38. The summed E-state index contributed by atoms with van der Waals surface area (Å²) < 4.78 is 0. The number of hydrogen-bond acceptors (Lipinski definition) is 8. The topological polar surface area (TPSA) is 115 Å². The number of likely N-dealkylation sites (tertiary alicyclic amines) is 1. The van der Waals surface area contributed by atoms with E-state index in [1.54, 1.807) is 19.1 Å². The van der Waals surface area contributed by atoms with Crippen LogP contribution in [0.3, 0.4) is 0 Å². The van der Waals surface area contributed by atoms with E-state index in [-0.39, 0.29) is 5.91 Å². The zero-order chi connectivity index (χ0) is 26.5. The molecule has 38 heavy (non-hydrogen) atoms. The van der Waals surface area contributed by atoms with E-state index >= 15 is 0 Å². The molecule has 2 aliphatic rings. The van der Waals surface area contributed by atoms with Crippen molar-refractivity contribution in [2.75, 3.05) is 37.3 Å². The van der Waals surface area contributed by atoms with Crippen molar-refractivity contribution in [1.29, 1.82) is 0 Å². The summed E-state index contributed by atoms with van der Waals surface area (Å²) in [5.41, 5.74) is 1.99. The van der Waals surface area contributed by atoms with Gasteiger partial charge in [-0.1, -0.05) is 30.4 Å². The number of nitrogens with one attached hydrogen (secondary N) is 3. The third kappa shape index (κ3) is 6.17. The summed E-state index contributed by atoms with van der Waals surface area (Å²) in [4.78, 5) is 28.9.